The van der Waals surface area contributed by atoms with Crippen molar-refractivity contribution < 1.29 is 14.3 Å². The molecule has 0 spiro atoms. The van der Waals surface area contributed by atoms with Gasteiger partial charge in [0.05, 0.1) is 6.61 Å². The van der Waals surface area contributed by atoms with Crippen LogP contribution in [0.2, 0.25) is 5.02 Å². The molecular formula is C11H10ClNO3. The Bertz CT molecular complexity index is 496. The van der Waals surface area contributed by atoms with Crippen LogP contribution >= 0.6 is 11.6 Å². The van der Waals surface area contributed by atoms with Crippen molar-refractivity contribution in [3.05, 3.63) is 40.7 Å². The number of aliphatic hydroxyl groups is 1. The fourth-order valence-electron chi connectivity index (χ4n) is 1.19. The molecule has 0 aliphatic rings. The van der Waals surface area contributed by atoms with E-state index in [9.17, 15) is 0 Å². The maximum absolute atomic E-state index is 8.80. The Morgan fingerprint density at radius 2 is 2.31 bits per heavy atom. The van der Waals surface area contributed by atoms with E-state index < -0.39 is 0 Å². The highest BCUT2D eigenvalue weighted by Crippen LogP contribution is 2.25. The molecular weight excluding hydrogens is 230 g/mol. The van der Waals surface area contributed by atoms with E-state index in [1.165, 1.54) is 6.26 Å². The van der Waals surface area contributed by atoms with E-state index in [-0.39, 0.29) is 12.7 Å². The smallest absolute Gasteiger partial charge is 0.399 e. The van der Waals surface area contributed by atoms with Crippen LogP contribution in [0.1, 0.15) is 11.3 Å². The summed E-state index contributed by atoms with van der Waals surface area (Å²) in [7, 11) is 0. The molecule has 0 radical (unpaired) electrons. The maximum Gasteiger partial charge on any atom is 0.399 e. The van der Waals surface area contributed by atoms with Crippen LogP contribution in [0.15, 0.2) is 28.9 Å². The van der Waals surface area contributed by atoms with Gasteiger partial charge in [-0.25, -0.2) is 0 Å². The van der Waals surface area contributed by atoms with Gasteiger partial charge in [0.15, 0.2) is 0 Å². The summed E-state index contributed by atoms with van der Waals surface area (Å²) >= 11 is 5.88. The van der Waals surface area contributed by atoms with Gasteiger partial charge in [-0.2, -0.15) is 4.98 Å². The number of oxazole rings is 1. The summed E-state index contributed by atoms with van der Waals surface area (Å²) in [6, 6.07) is 5.24. The van der Waals surface area contributed by atoms with Crippen molar-refractivity contribution in [2.24, 2.45) is 0 Å². The average Bonchev–Trinajstić information content (AvgIpc) is 2.71. The Kier molecular flexibility index (Phi) is 3.12. The molecule has 16 heavy (non-hydrogen) atoms. The summed E-state index contributed by atoms with van der Waals surface area (Å²) in [5.41, 5.74) is 1.34. The second-order valence-electron chi connectivity index (χ2n) is 3.28. The first-order valence-corrected chi connectivity index (χ1v) is 5.06. The second-order valence-corrected chi connectivity index (χ2v) is 3.68. The van der Waals surface area contributed by atoms with Gasteiger partial charge >= 0.3 is 6.08 Å². The lowest BCUT2D eigenvalue weighted by Gasteiger charge is -2.02. The Morgan fingerprint density at radius 1 is 1.50 bits per heavy atom. The molecule has 2 aromatic rings. The van der Waals surface area contributed by atoms with Crippen LogP contribution in [0.5, 0.6) is 11.8 Å². The first-order chi connectivity index (χ1) is 7.69. The first kappa shape index (κ1) is 11.0. The van der Waals surface area contributed by atoms with Crippen molar-refractivity contribution in [2.75, 3.05) is 0 Å². The molecule has 4 nitrogen and oxygen atoms in total. The largest absolute Gasteiger partial charge is 0.417 e. The fourth-order valence-corrected chi connectivity index (χ4v) is 1.31. The lowest BCUT2D eigenvalue weighted by molar-refractivity contribution is 0.276. The van der Waals surface area contributed by atoms with Crippen molar-refractivity contribution in [1.29, 1.82) is 0 Å². The minimum Gasteiger partial charge on any atom is -0.417 e. The number of halogens is 1. The van der Waals surface area contributed by atoms with Crippen molar-refractivity contribution in [3.63, 3.8) is 0 Å². The van der Waals surface area contributed by atoms with Gasteiger partial charge in [0, 0.05) is 5.02 Å². The summed E-state index contributed by atoms with van der Waals surface area (Å²) in [4.78, 5) is 3.90. The van der Waals surface area contributed by atoms with E-state index in [4.69, 9.17) is 25.9 Å². The number of ether oxygens (including phenoxy) is 1. The van der Waals surface area contributed by atoms with Crippen LogP contribution in [-0.2, 0) is 6.61 Å². The third-order valence-corrected chi connectivity index (χ3v) is 2.45. The molecule has 0 saturated carbocycles. The number of hydrogen-bond donors (Lipinski definition) is 1. The molecule has 2 rings (SSSR count). The van der Waals surface area contributed by atoms with E-state index in [0.29, 0.717) is 16.5 Å². The Morgan fingerprint density at radius 3 is 2.94 bits per heavy atom. The van der Waals surface area contributed by atoms with E-state index in [0.717, 1.165) is 5.56 Å². The Labute approximate surface area is 97.4 Å². The maximum atomic E-state index is 8.80. The van der Waals surface area contributed by atoms with Gasteiger partial charge in [0.1, 0.15) is 17.7 Å². The molecule has 1 heterocycles. The Hall–Kier alpha value is -1.52. The first-order valence-electron chi connectivity index (χ1n) is 4.68. The summed E-state index contributed by atoms with van der Waals surface area (Å²) in [5.74, 6) is 0.591. The predicted molar refractivity (Wildman–Crippen MR) is 58.7 cm³/mol. The van der Waals surface area contributed by atoms with E-state index >= 15 is 0 Å². The van der Waals surface area contributed by atoms with E-state index in [2.05, 4.69) is 4.98 Å². The highest BCUT2D eigenvalue weighted by atomic mass is 35.5. The van der Waals surface area contributed by atoms with Crippen LogP contribution in [0, 0.1) is 6.92 Å². The fraction of sp³-hybridized carbons (Fsp3) is 0.182. The third-order valence-electron chi connectivity index (χ3n) is 2.03. The molecule has 1 aromatic heterocycles. The number of aliphatic hydroxyl groups excluding tert-OH is 1. The minimum atomic E-state index is -0.174. The van der Waals surface area contributed by atoms with Gasteiger partial charge in [0.2, 0.25) is 0 Å². The predicted octanol–water partition coefficient (Wildman–Crippen LogP) is 2.92. The van der Waals surface area contributed by atoms with Gasteiger partial charge in [-0.1, -0.05) is 11.6 Å². The van der Waals surface area contributed by atoms with E-state index in [1.807, 2.05) is 6.92 Å². The third kappa shape index (κ3) is 2.35. The number of nitrogens with zero attached hydrogens (tertiary/aromatic N) is 1. The lowest BCUT2D eigenvalue weighted by atomic mass is 10.2. The highest BCUT2D eigenvalue weighted by Gasteiger charge is 2.06. The molecule has 0 saturated heterocycles. The quantitative estimate of drug-likeness (QED) is 0.895. The molecule has 1 N–H and O–H groups in total. The van der Waals surface area contributed by atoms with Gasteiger partial charge in [-0.3, -0.25) is 0 Å². The number of aromatic nitrogens is 1. The van der Waals surface area contributed by atoms with Crippen LogP contribution in [0.4, 0.5) is 0 Å². The number of hydrogen-bond acceptors (Lipinski definition) is 4. The van der Waals surface area contributed by atoms with Gasteiger partial charge in [-0.15, -0.1) is 0 Å². The molecule has 0 aliphatic carbocycles. The van der Waals surface area contributed by atoms with Crippen LogP contribution < -0.4 is 4.74 Å². The number of rotatable bonds is 3. The lowest BCUT2D eigenvalue weighted by Crippen LogP contribution is -1.87. The zero-order valence-corrected chi connectivity index (χ0v) is 9.36. The summed E-state index contributed by atoms with van der Waals surface area (Å²) in [6.07, 6.45) is 1.45. The number of aryl methyl sites for hydroxylation is 1. The molecule has 5 heteroatoms. The topological polar surface area (TPSA) is 55.5 Å². The molecule has 0 aliphatic heterocycles. The normalized spacial score (nSPS) is 10.4. The molecule has 0 unspecified atom stereocenters. The van der Waals surface area contributed by atoms with Crippen LogP contribution in [0.25, 0.3) is 0 Å². The molecule has 1 aromatic carbocycles. The van der Waals surface area contributed by atoms with Crippen molar-refractivity contribution in [3.8, 4) is 11.8 Å². The summed E-state index contributed by atoms with van der Waals surface area (Å²) < 4.78 is 10.4. The minimum absolute atomic E-state index is 0.103. The monoisotopic (exact) mass is 239 g/mol. The molecule has 84 valence electrons. The van der Waals surface area contributed by atoms with Gasteiger partial charge in [0.25, 0.3) is 0 Å². The van der Waals surface area contributed by atoms with E-state index in [1.54, 1.807) is 18.2 Å². The number of benzene rings is 1. The standard InChI is InChI=1S/C11H10ClNO3/c1-7-4-9(2-3-10(7)12)16-11-13-8(5-14)6-15-11/h2-4,6,14H,5H2,1H3. The average molecular weight is 240 g/mol. The van der Waals surface area contributed by atoms with Gasteiger partial charge in [-0.05, 0) is 30.7 Å². The summed E-state index contributed by atoms with van der Waals surface area (Å²) in [5, 5.41) is 9.48. The highest BCUT2D eigenvalue weighted by molar-refractivity contribution is 6.31. The van der Waals surface area contributed by atoms with Crippen molar-refractivity contribution >= 4 is 11.6 Å². The van der Waals surface area contributed by atoms with Crippen molar-refractivity contribution in [1.82, 2.24) is 4.98 Å². The molecule has 0 bridgehead atoms. The molecule has 0 amide bonds. The van der Waals surface area contributed by atoms with Crippen LogP contribution in [0.3, 0.4) is 0 Å². The second kappa shape index (κ2) is 4.55. The van der Waals surface area contributed by atoms with Crippen molar-refractivity contribution in [2.45, 2.75) is 13.5 Å². The summed E-state index contributed by atoms with van der Waals surface area (Å²) in [6.45, 7) is 1.70. The SMILES string of the molecule is Cc1cc(Oc2nc(CO)co2)ccc1Cl. The molecule has 0 fully saturated rings. The van der Waals surface area contributed by atoms with Gasteiger partial charge < -0.3 is 14.3 Å². The Balaban J connectivity index is 2.17. The van der Waals surface area contributed by atoms with Crippen LogP contribution in [-0.4, -0.2) is 10.1 Å². The zero-order valence-electron chi connectivity index (χ0n) is 8.61. The zero-order chi connectivity index (χ0) is 11.5. The molecule has 0 atom stereocenters.